The highest BCUT2D eigenvalue weighted by Gasteiger charge is 2.39. The summed E-state index contributed by atoms with van der Waals surface area (Å²) in [7, 11) is 0. The van der Waals surface area contributed by atoms with E-state index < -0.39 is 17.5 Å². The Hall–Kier alpha value is -4.55. The standard InChI is InChI=1S/C28H22N2O4/c31-26(22-10-4-1-5-11-22)34-25-18-16-21(17-19-25)20-29-30-27(32)28(33,23-12-6-2-7-13-23)24-14-8-3-9-15-24/h1-20,33H,(H,30,32). The van der Waals surface area contributed by atoms with E-state index in [-0.39, 0.29) is 0 Å². The summed E-state index contributed by atoms with van der Waals surface area (Å²) >= 11 is 0. The molecular formula is C28H22N2O4. The lowest BCUT2D eigenvalue weighted by Crippen LogP contribution is -2.43. The van der Waals surface area contributed by atoms with E-state index in [1.54, 1.807) is 97.1 Å². The fourth-order valence-electron chi connectivity index (χ4n) is 3.40. The van der Waals surface area contributed by atoms with E-state index in [0.29, 0.717) is 28.0 Å². The summed E-state index contributed by atoms with van der Waals surface area (Å²) in [4.78, 5) is 25.2. The van der Waals surface area contributed by atoms with E-state index in [1.165, 1.54) is 6.21 Å². The minimum absolute atomic E-state index is 0.387. The van der Waals surface area contributed by atoms with Crippen molar-refractivity contribution in [1.29, 1.82) is 0 Å². The van der Waals surface area contributed by atoms with Crippen LogP contribution >= 0.6 is 0 Å². The van der Waals surface area contributed by atoms with Gasteiger partial charge in [0.15, 0.2) is 5.60 Å². The first-order valence-electron chi connectivity index (χ1n) is 10.6. The number of esters is 1. The maximum absolute atomic E-state index is 13.0. The number of nitrogens with one attached hydrogen (secondary N) is 1. The Kier molecular flexibility index (Phi) is 6.91. The first-order valence-corrected chi connectivity index (χ1v) is 10.6. The Bertz CT molecular complexity index is 1230. The third-order valence-electron chi connectivity index (χ3n) is 5.19. The average molecular weight is 450 g/mol. The van der Waals surface area contributed by atoms with Gasteiger partial charge in [-0.1, -0.05) is 78.9 Å². The highest BCUT2D eigenvalue weighted by molar-refractivity contribution is 5.92. The molecule has 1 amide bonds. The largest absolute Gasteiger partial charge is 0.423 e. The van der Waals surface area contributed by atoms with Crippen molar-refractivity contribution in [3.05, 3.63) is 138 Å². The summed E-state index contributed by atoms with van der Waals surface area (Å²) < 4.78 is 5.35. The molecular weight excluding hydrogens is 428 g/mol. The number of hydrogen-bond acceptors (Lipinski definition) is 5. The van der Waals surface area contributed by atoms with Gasteiger partial charge in [-0.3, -0.25) is 4.79 Å². The van der Waals surface area contributed by atoms with Crippen molar-refractivity contribution in [1.82, 2.24) is 5.43 Å². The molecule has 0 aromatic heterocycles. The summed E-state index contributed by atoms with van der Waals surface area (Å²) in [5.74, 6) is -0.748. The molecule has 0 spiro atoms. The molecule has 0 fully saturated rings. The lowest BCUT2D eigenvalue weighted by Gasteiger charge is -2.27. The van der Waals surface area contributed by atoms with Crippen molar-refractivity contribution < 1.29 is 19.4 Å². The Morgan fingerprint density at radius 1 is 0.735 bits per heavy atom. The Balaban J connectivity index is 1.44. The van der Waals surface area contributed by atoms with Crippen LogP contribution in [-0.2, 0) is 10.4 Å². The van der Waals surface area contributed by atoms with Gasteiger partial charge < -0.3 is 9.84 Å². The van der Waals surface area contributed by atoms with Gasteiger partial charge in [0.2, 0.25) is 0 Å². The molecule has 0 aliphatic carbocycles. The van der Waals surface area contributed by atoms with Crippen molar-refractivity contribution in [2.45, 2.75) is 5.60 Å². The summed E-state index contributed by atoms with van der Waals surface area (Å²) in [6.07, 6.45) is 1.44. The Morgan fingerprint density at radius 3 is 1.76 bits per heavy atom. The van der Waals surface area contributed by atoms with Crippen LogP contribution in [0.5, 0.6) is 5.75 Å². The maximum atomic E-state index is 13.0. The van der Waals surface area contributed by atoms with Crippen LogP contribution in [0.1, 0.15) is 27.0 Å². The molecule has 0 heterocycles. The van der Waals surface area contributed by atoms with Gasteiger partial charge in [0.1, 0.15) is 5.75 Å². The van der Waals surface area contributed by atoms with Crippen molar-refractivity contribution in [3.63, 3.8) is 0 Å². The zero-order chi connectivity index (χ0) is 23.8. The molecule has 4 aromatic carbocycles. The van der Waals surface area contributed by atoms with Crippen LogP contribution < -0.4 is 10.2 Å². The SMILES string of the molecule is O=C(Oc1ccc(C=NNC(=O)C(O)(c2ccccc2)c2ccccc2)cc1)c1ccccc1. The second-order valence-electron chi connectivity index (χ2n) is 7.47. The molecule has 34 heavy (non-hydrogen) atoms. The predicted octanol–water partition coefficient (Wildman–Crippen LogP) is 4.29. The van der Waals surface area contributed by atoms with Gasteiger partial charge >= 0.3 is 5.97 Å². The van der Waals surface area contributed by atoms with Crippen LogP contribution in [0.15, 0.2) is 120 Å². The number of rotatable bonds is 7. The number of hydrazone groups is 1. The molecule has 0 aliphatic rings. The molecule has 6 heteroatoms. The van der Waals surface area contributed by atoms with Gasteiger partial charge in [-0.05, 0) is 53.1 Å². The Morgan fingerprint density at radius 2 is 1.24 bits per heavy atom. The van der Waals surface area contributed by atoms with Crippen molar-refractivity contribution in [2.75, 3.05) is 0 Å². The topological polar surface area (TPSA) is 88.0 Å². The summed E-state index contributed by atoms with van der Waals surface area (Å²) in [5, 5.41) is 15.4. The maximum Gasteiger partial charge on any atom is 0.343 e. The fraction of sp³-hybridized carbons (Fsp3) is 0.0357. The summed E-state index contributed by atoms with van der Waals surface area (Å²) in [6, 6.07) is 32.8. The average Bonchev–Trinajstić information content (AvgIpc) is 2.90. The number of ether oxygens (including phenoxy) is 1. The van der Waals surface area contributed by atoms with Gasteiger partial charge in [-0.15, -0.1) is 0 Å². The monoisotopic (exact) mass is 450 g/mol. The number of nitrogens with zero attached hydrogens (tertiary/aromatic N) is 1. The zero-order valence-electron chi connectivity index (χ0n) is 18.2. The first kappa shape index (κ1) is 22.6. The van der Waals surface area contributed by atoms with E-state index in [4.69, 9.17) is 4.74 Å². The Labute approximate surface area is 197 Å². The van der Waals surface area contributed by atoms with Crippen LogP contribution in [0.25, 0.3) is 0 Å². The zero-order valence-corrected chi connectivity index (χ0v) is 18.2. The number of amides is 1. The van der Waals surface area contributed by atoms with Crippen molar-refractivity contribution in [2.24, 2.45) is 5.10 Å². The number of carbonyl (C=O) groups is 2. The van der Waals surface area contributed by atoms with Gasteiger partial charge in [-0.2, -0.15) is 5.10 Å². The third kappa shape index (κ3) is 5.09. The highest BCUT2D eigenvalue weighted by atomic mass is 16.5. The van der Waals surface area contributed by atoms with Crippen molar-refractivity contribution in [3.8, 4) is 5.75 Å². The first-order chi connectivity index (χ1) is 16.6. The van der Waals surface area contributed by atoms with Crippen LogP contribution in [0.4, 0.5) is 0 Å². The van der Waals surface area contributed by atoms with Gasteiger partial charge in [-0.25, -0.2) is 10.2 Å². The molecule has 6 nitrogen and oxygen atoms in total. The van der Waals surface area contributed by atoms with E-state index in [0.717, 1.165) is 0 Å². The number of benzene rings is 4. The molecule has 4 aromatic rings. The molecule has 4 rings (SSSR count). The van der Waals surface area contributed by atoms with E-state index in [9.17, 15) is 14.7 Å². The minimum Gasteiger partial charge on any atom is -0.423 e. The smallest absolute Gasteiger partial charge is 0.343 e. The molecule has 0 atom stereocenters. The molecule has 168 valence electrons. The lowest BCUT2D eigenvalue weighted by molar-refractivity contribution is -0.136. The van der Waals surface area contributed by atoms with Gasteiger partial charge in [0.05, 0.1) is 11.8 Å². The van der Waals surface area contributed by atoms with E-state index in [1.807, 2.05) is 18.2 Å². The summed E-state index contributed by atoms with van der Waals surface area (Å²) in [5.41, 5.74) is 2.51. The van der Waals surface area contributed by atoms with Crippen molar-refractivity contribution >= 4 is 18.1 Å². The van der Waals surface area contributed by atoms with Crippen LogP contribution in [0.2, 0.25) is 0 Å². The number of carbonyl (C=O) groups excluding carboxylic acids is 2. The fourth-order valence-corrected chi connectivity index (χ4v) is 3.40. The lowest BCUT2D eigenvalue weighted by atomic mass is 9.85. The molecule has 0 saturated heterocycles. The molecule has 0 saturated carbocycles. The van der Waals surface area contributed by atoms with Gasteiger partial charge in [0, 0.05) is 0 Å². The van der Waals surface area contributed by atoms with Gasteiger partial charge in [0.25, 0.3) is 5.91 Å². The minimum atomic E-state index is -1.91. The second kappa shape index (κ2) is 10.4. The molecule has 0 unspecified atom stereocenters. The highest BCUT2D eigenvalue weighted by Crippen LogP contribution is 2.29. The van der Waals surface area contributed by atoms with Crippen LogP contribution in [-0.4, -0.2) is 23.2 Å². The van der Waals surface area contributed by atoms with E-state index >= 15 is 0 Å². The summed E-state index contributed by atoms with van der Waals surface area (Å²) in [6.45, 7) is 0. The molecule has 0 radical (unpaired) electrons. The molecule has 0 aliphatic heterocycles. The predicted molar refractivity (Wildman–Crippen MR) is 129 cm³/mol. The van der Waals surface area contributed by atoms with E-state index in [2.05, 4.69) is 10.5 Å². The quantitative estimate of drug-likeness (QED) is 0.190. The third-order valence-corrected chi connectivity index (χ3v) is 5.19. The number of aliphatic hydroxyl groups is 1. The van der Waals surface area contributed by atoms with Crippen LogP contribution in [0, 0.1) is 0 Å². The molecule has 2 N–H and O–H groups in total. The second-order valence-corrected chi connectivity index (χ2v) is 7.47. The normalized spacial score (nSPS) is 11.2. The van der Waals surface area contributed by atoms with Crippen LogP contribution in [0.3, 0.4) is 0 Å². The molecule has 0 bridgehead atoms. The number of hydrogen-bond donors (Lipinski definition) is 2.